The molecule has 3 N–H and O–H groups in total. The summed E-state index contributed by atoms with van der Waals surface area (Å²) in [5, 5.41) is 3.30. The molecule has 0 aliphatic heterocycles. The predicted octanol–water partition coefficient (Wildman–Crippen LogP) is 2.92. The minimum Gasteiger partial charge on any atom is -0.457 e. The van der Waals surface area contributed by atoms with Crippen LogP contribution in [-0.4, -0.2) is 12.6 Å². The monoisotopic (exact) mass is 256 g/mol. The molecule has 0 aliphatic rings. The summed E-state index contributed by atoms with van der Waals surface area (Å²) in [6.45, 7) is 3.64. The summed E-state index contributed by atoms with van der Waals surface area (Å²) in [4.78, 5) is 0. The molecule has 3 nitrogen and oxygen atoms in total. The largest absolute Gasteiger partial charge is 0.457 e. The third-order valence-corrected chi connectivity index (χ3v) is 2.70. The van der Waals surface area contributed by atoms with Gasteiger partial charge in [-0.3, -0.25) is 0 Å². The van der Waals surface area contributed by atoms with Crippen molar-refractivity contribution in [3.05, 3.63) is 60.2 Å². The molecule has 100 valence electrons. The summed E-state index contributed by atoms with van der Waals surface area (Å²) < 4.78 is 5.74. The zero-order chi connectivity index (χ0) is 13.5. The van der Waals surface area contributed by atoms with Gasteiger partial charge in [-0.25, -0.2) is 0 Å². The maximum absolute atomic E-state index is 5.74. The van der Waals surface area contributed by atoms with E-state index in [4.69, 9.17) is 10.5 Å². The van der Waals surface area contributed by atoms with Gasteiger partial charge in [0.2, 0.25) is 0 Å². The van der Waals surface area contributed by atoms with Crippen molar-refractivity contribution in [1.29, 1.82) is 0 Å². The Labute approximate surface area is 114 Å². The first-order valence-corrected chi connectivity index (χ1v) is 6.52. The van der Waals surface area contributed by atoms with Crippen LogP contribution in [-0.2, 0) is 6.54 Å². The van der Waals surface area contributed by atoms with Gasteiger partial charge in [0, 0.05) is 19.1 Å². The van der Waals surface area contributed by atoms with Crippen LogP contribution in [0.15, 0.2) is 54.6 Å². The Morgan fingerprint density at radius 3 is 2.26 bits per heavy atom. The number of nitrogens with two attached hydrogens (primary N) is 1. The molecule has 1 unspecified atom stereocenters. The lowest BCUT2D eigenvalue weighted by atomic mass is 10.2. The molecule has 0 fully saturated rings. The summed E-state index contributed by atoms with van der Waals surface area (Å²) in [5.41, 5.74) is 6.91. The summed E-state index contributed by atoms with van der Waals surface area (Å²) >= 11 is 0. The Balaban J connectivity index is 1.88. The first-order chi connectivity index (χ1) is 9.24. The highest BCUT2D eigenvalue weighted by atomic mass is 16.5. The highest BCUT2D eigenvalue weighted by Gasteiger charge is 1.98. The molecule has 1 atom stereocenters. The molecule has 3 heteroatoms. The summed E-state index contributed by atoms with van der Waals surface area (Å²) in [7, 11) is 0. The van der Waals surface area contributed by atoms with Gasteiger partial charge in [-0.1, -0.05) is 30.3 Å². The minimum atomic E-state index is 0.181. The second-order valence-electron chi connectivity index (χ2n) is 4.67. The lowest BCUT2D eigenvalue weighted by molar-refractivity contribution is 0.482. The summed E-state index contributed by atoms with van der Waals surface area (Å²) in [6.07, 6.45) is 0. The van der Waals surface area contributed by atoms with Crippen LogP contribution in [0.2, 0.25) is 0 Å². The van der Waals surface area contributed by atoms with E-state index in [1.807, 2.05) is 49.4 Å². The number of ether oxygens (including phenoxy) is 1. The Hall–Kier alpha value is -1.84. The number of hydrogen-bond donors (Lipinski definition) is 2. The van der Waals surface area contributed by atoms with E-state index in [0.29, 0.717) is 0 Å². The van der Waals surface area contributed by atoms with Gasteiger partial charge >= 0.3 is 0 Å². The molecule has 0 heterocycles. The van der Waals surface area contributed by atoms with Gasteiger partial charge in [0.15, 0.2) is 0 Å². The standard InChI is InChI=1S/C16H20N2O/c1-13(17)11-18-12-14-7-9-16(10-8-14)19-15-5-3-2-4-6-15/h2-10,13,18H,11-12,17H2,1H3. The van der Waals surface area contributed by atoms with Crippen LogP contribution in [0.1, 0.15) is 12.5 Å². The summed E-state index contributed by atoms with van der Waals surface area (Å²) in [6, 6.07) is 18.0. The maximum atomic E-state index is 5.74. The molecule has 0 amide bonds. The van der Waals surface area contributed by atoms with E-state index in [-0.39, 0.29) is 6.04 Å². The van der Waals surface area contributed by atoms with Crippen LogP contribution in [0.4, 0.5) is 0 Å². The zero-order valence-electron chi connectivity index (χ0n) is 11.2. The zero-order valence-corrected chi connectivity index (χ0v) is 11.2. The van der Waals surface area contributed by atoms with Crippen molar-refractivity contribution in [1.82, 2.24) is 5.32 Å². The highest BCUT2D eigenvalue weighted by Crippen LogP contribution is 2.20. The number of hydrogen-bond acceptors (Lipinski definition) is 3. The quantitative estimate of drug-likeness (QED) is 0.835. The van der Waals surface area contributed by atoms with Gasteiger partial charge in [0.25, 0.3) is 0 Å². The second-order valence-corrected chi connectivity index (χ2v) is 4.67. The molecule has 0 saturated carbocycles. The number of benzene rings is 2. The van der Waals surface area contributed by atoms with Crippen molar-refractivity contribution in [2.75, 3.05) is 6.54 Å². The lowest BCUT2D eigenvalue weighted by Gasteiger charge is -2.09. The first kappa shape index (κ1) is 13.6. The molecule has 0 spiro atoms. The normalized spacial score (nSPS) is 12.1. The van der Waals surface area contributed by atoms with Gasteiger partial charge in [0.05, 0.1) is 0 Å². The molecule has 0 radical (unpaired) electrons. The predicted molar refractivity (Wildman–Crippen MR) is 78.3 cm³/mol. The molecule has 2 rings (SSSR count). The molecular formula is C16H20N2O. The molecule has 2 aromatic carbocycles. The average Bonchev–Trinajstić information content (AvgIpc) is 2.42. The minimum absolute atomic E-state index is 0.181. The molecule has 0 aliphatic carbocycles. The maximum Gasteiger partial charge on any atom is 0.127 e. The number of rotatable bonds is 6. The van der Waals surface area contributed by atoms with Crippen molar-refractivity contribution in [2.24, 2.45) is 5.73 Å². The van der Waals surface area contributed by atoms with Crippen LogP contribution in [0.5, 0.6) is 11.5 Å². The Morgan fingerprint density at radius 1 is 1.00 bits per heavy atom. The molecule has 0 saturated heterocycles. The fourth-order valence-electron chi connectivity index (χ4n) is 1.74. The van der Waals surface area contributed by atoms with Crippen LogP contribution >= 0.6 is 0 Å². The fraction of sp³-hybridized carbons (Fsp3) is 0.250. The Morgan fingerprint density at radius 2 is 1.63 bits per heavy atom. The van der Waals surface area contributed by atoms with E-state index in [9.17, 15) is 0 Å². The topological polar surface area (TPSA) is 47.3 Å². The van der Waals surface area contributed by atoms with E-state index in [1.165, 1.54) is 5.56 Å². The van der Waals surface area contributed by atoms with Crippen LogP contribution < -0.4 is 15.8 Å². The molecular weight excluding hydrogens is 236 g/mol. The number of para-hydroxylation sites is 1. The van der Waals surface area contributed by atoms with Gasteiger partial charge in [-0.05, 0) is 36.8 Å². The van der Waals surface area contributed by atoms with Crippen molar-refractivity contribution in [3.63, 3.8) is 0 Å². The van der Waals surface area contributed by atoms with Gasteiger partial charge in [0.1, 0.15) is 11.5 Å². The fourth-order valence-corrected chi connectivity index (χ4v) is 1.74. The van der Waals surface area contributed by atoms with E-state index < -0.39 is 0 Å². The lowest BCUT2D eigenvalue weighted by Crippen LogP contribution is -2.30. The Kier molecular flexibility index (Phi) is 4.95. The third-order valence-electron chi connectivity index (χ3n) is 2.70. The van der Waals surface area contributed by atoms with Crippen molar-refractivity contribution in [3.8, 4) is 11.5 Å². The Bertz CT molecular complexity index is 480. The van der Waals surface area contributed by atoms with Crippen molar-refractivity contribution < 1.29 is 4.74 Å². The smallest absolute Gasteiger partial charge is 0.127 e. The van der Waals surface area contributed by atoms with Gasteiger partial charge in [-0.2, -0.15) is 0 Å². The van der Waals surface area contributed by atoms with Gasteiger partial charge < -0.3 is 15.8 Å². The van der Waals surface area contributed by atoms with Crippen LogP contribution in [0.3, 0.4) is 0 Å². The summed E-state index contributed by atoms with van der Waals surface area (Å²) in [5.74, 6) is 1.70. The van der Waals surface area contributed by atoms with E-state index >= 15 is 0 Å². The SMILES string of the molecule is CC(N)CNCc1ccc(Oc2ccccc2)cc1. The van der Waals surface area contributed by atoms with E-state index in [2.05, 4.69) is 17.4 Å². The average molecular weight is 256 g/mol. The van der Waals surface area contributed by atoms with Crippen molar-refractivity contribution >= 4 is 0 Å². The molecule has 0 aromatic heterocycles. The molecule has 0 bridgehead atoms. The second kappa shape index (κ2) is 6.92. The van der Waals surface area contributed by atoms with Crippen LogP contribution in [0.25, 0.3) is 0 Å². The first-order valence-electron chi connectivity index (χ1n) is 6.52. The highest BCUT2D eigenvalue weighted by molar-refractivity contribution is 5.32. The van der Waals surface area contributed by atoms with E-state index in [1.54, 1.807) is 0 Å². The van der Waals surface area contributed by atoms with Crippen molar-refractivity contribution in [2.45, 2.75) is 19.5 Å². The van der Waals surface area contributed by atoms with Crippen LogP contribution in [0, 0.1) is 0 Å². The number of nitrogens with one attached hydrogen (secondary N) is 1. The van der Waals surface area contributed by atoms with Gasteiger partial charge in [-0.15, -0.1) is 0 Å². The third kappa shape index (κ3) is 4.73. The van der Waals surface area contributed by atoms with E-state index in [0.717, 1.165) is 24.6 Å². The molecule has 2 aromatic rings. The molecule has 19 heavy (non-hydrogen) atoms.